The van der Waals surface area contributed by atoms with Crippen LogP contribution in [0, 0.1) is 0 Å². The van der Waals surface area contributed by atoms with Crippen LogP contribution >= 0.6 is 0 Å². The number of rotatable bonds is 3. The van der Waals surface area contributed by atoms with Gasteiger partial charge in [0.15, 0.2) is 0 Å². The zero-order chi connectivity index (χ0) is 10.7. The van der Waals surface area contributed by atoms with Crippen molar-refractivity contribution in [2.24, 2.45) is 0 Å². The minimum absolute atomic E-state index is 0.0683. The van der Waals surface area contributed by atoms with E-state index in [1.807, 2.05) is 13.0 Å². The van der Waals surface area contributed by atoms with Crippen molar-refractivity contribution in [3.05, 3.63) is 33.7 Å². The minimum atomic E-state index is -0.183. The van der Waals surface area contributed by atoms with E-state index in [2.05, 4.69) is 13.8 Å². The number of aliphatic hydroxyl groups excluding tert-OH is 1. The van der Waals surface area contributed by atoms with Crippen molar-refractivity contribution in [2.75, 3.05) is 0 Å². The number of hydrogen-bond donors (Lipinski definition) is 1. The largest absolute Gasteiger partial charge is 0.391 e. The third-order valence-corrected chi connectivity index (χ3v) is 2.36. The summed E-state index contributed by atoms with van der Waals surface area (Å²) in [6.07, 6.45) is 0. The van der Waals surface area contributed by atoms with E-state index in [9.17, 15) is 4.79 Å². The monoisotopic (exact) mass is 195 g/mol. The zero-order valence-electron chi connectivity index (χ0n) is 8.95. The smallest absolute Gasteiger partial charge is 0.256 e. The van der Waals surface area contributed by atoms with Gasteiger partial charge in [-0.2, -0.15) is 0 Å². The molecule has 0 aliphatic rings. The van der Waals surface area contributed by atoms with Crippen molar-refractivity contribution in [3.8, 4) is 0 Å². The highest BCUT2D eigenvalue weighted by atomic mass is 16.3. The Morgan fingerprint density at radius 3 is 2.50 bits per heavy atom. The Morgan fingerprint density at radius 2 is 2.07 bits per heavy atom. The maximum Gasteiger partial charge on any atom is 0.256 e. The fraction of sp³-hybridized carbons (Fsp3) is 0.545. The molecule has 1 rings (SSSR count). The summed E-state index contributed by atoms with van der Waals surface area (Å²) in [5.41, 5.74) is 1.42. The van der Waals surface area contributed by atoms with Crippen LogP contribution in [-0.4, -0.2) is 9.67 Å². The Bertz CT molecular complexity index is 366. The number of aliphatic hydroxyl groups is 1. The number of hydrogen-bond acceptors (Lipinski definition) is 2. The highest BCUT2D eigenvalue weighted by Gasteiger charge is 2.08. The predicted octanol–water partition coefficient (Wildman–Crippen LogP) is 1.48. The van der Waals surface area contributed by atoms with Crippen LogP contribution in [0.5, 0.6) is 0 Å². The molecule has 1 heterocycles. The first-order valence-electron chi connectivity index (χ1n) is 4.95. The highest BCUT2D eigenvalue weighted by molar-refractivity contribution is 5.17. The summed E-state index contributed by atoms with van der Waals surface area (Å²) in [7, 11) is 0. The molecule has 1 aromatic rings. The van der Waals surface area contributed by atoms with Gasteiger partial charge in [0, 0.05) is 17.8 Å². The lowest BCUT2D eigenvalue weighted by atomic mass is 10.1. The average molecular weight is 195 g/mol. The van der Waals surface area contributed by atoms with Gasteiger partial charge in [-0.15, -0.1) is 0 Å². The van der Waals surface area contributed by atoms with E-state index < -0.39 is 0 Å². The first kappa shape index (κ1) is 11.0. The molecule has 0 spiro atoms. The molecule has 3 heteroatoms. The predicted molar refractivity (Wildman–Crippen MR) is 56.4 cm³/mol. The third-order valence-electron chi connectivity index (χ3n) is 2.36. The van der Waals surface area contributed by atoms with Crippen LogP contribution in [0.25, 0.3) is 0 Å². The second-order valence-corrected chi connectivity index (χ2v) is 3.65. The Balaban J connectivity index is 3.36. The van der Waals surface area contributed by atoms with E-state index in [0.29, 0.717) is 18.0 Å². The number of nitrogens with zero attached hydrogens (tertiary/aromatic N) is 1. The van der Waals surface area contributed by atoms with Gasteiger partial charge in [-0.25, -0.2) is 0 Å². The molecule has 14 heavy (non-hydrogen) atoms. The molecule has 3 nitrogen and oxygen atoms in total. The fourth-order valence-corrected chi connectivity index (χ4v) is 1.59. The topological polar surface area (TPSA) is 42.2 Å². The van der Waals surface area contributed by atoms with Crippen LogP contribution < -0.4 is 5.56 Å². The lowest BCUT2D eigenvalue weighted by molar-refractivity contribution is 0.279. The highest BCUT2D eigenvalue weighted by Crippen LogP contribution is 2.12. The molecule has 1 N–H and O–H groups in total. The van der Waals surface area contributed by atoms with Gasteiger partial charge in [-0.1, -0.05) is 13.8 Å². The Labute approximate surface area is 84.0 Å². The summed E-state index contributed by atoms with van der Waals surface area (Å²) in [6.45, 7) is 6.52. The van der Waals surface area contributed by atoms with Gasteiger partial charge in [0.1, 0.15) is 0 Å². The maximum atomic E-state index is 11.8. The van der Waals surface area contributed by atoms with Crippen molar-refractivity contribution >= 4 is 0 Å². The van der Waals surface area contributed by atoms with Crippen LogP contribution in [0.15, 0.2) is 16.9 Å². The molecule has 0 atom stereocenters. The molecule has 0 amide bonds. The van der Waals surface area contributed by atoms with Gasteiger partial charge < -0.3 is 9.67 Å². The molecule has 0 aromatic carbocycles. The molecule has 78 valence electrons. The summed E-state index contributed by atoms with van der Waals surface area (Å²) < 4.78 is 1.72. The van der Waals surface area contributed by atoms with Crippen molar-refractivity contribution < 1.29 is 5.11 Å². The second-order valence-electron chi connectivity index (χ2n) is 3.65. The fourth-order valence-electron chi connectivity index (χ4n) is 1.59. The summed E-state index contributed by atoms with van der Waals surface area (Å²) in [6, 6.07) is 3.63. The van der Waals surface area contributed by atoms with Crippen molar-refractivity contribution in [1.29, 1.82) is 0 Å². The van der Waals surface area contributed by atoms with E-state index >= 15 is 0 Å². The van der Waals surface area contributed by atoms with E-state index in [1.54, 1.807) is 10.6 Å². The van der Waals surface area contributed by atoms with Crippen molar-refractivity contribution in [3.63, 3.8) is 0 Å². The quantitative estimate of drug-likeness (QED) is 0.793. The molecule has 0 saturated heterocycles. The summed E-state index contributed by atoms with van der Waals surface area (Å²) in [4.78, 5) is 11.8. The molecule has 0 fully saturated rings. The molecule has 0 radical (unpaired) electrons. The molecule has 0 bridgehead atoms. The zero-order valence-corrected chi connectivity index (χ0v) is 8.95. The molecular formula is C11H17NO2. The standard InChI is InChI=1S/C11H17NO2/c1-4-12-10(8(2)3)6-5-9(7-13)11(12)14/h5-6,8,13H,4,7H2,1-3H3. The summed E-state index contributed by atoms with van der Waals surface area (Å²) in [5, 5.41) is 8.95. The van der Waals surface area contributed by atoms with Crippen LogP contribution in [0.4, 0.5) is 0 Å². The number of aromatic nitrogens is 1. The Kier molecular flexibility index (Phi) is 3.47. The van der Waals surface area contributed by atoms with Crippen LogP contribution in [-0.2, 0) is 13.2 Å². The molecule has 0 aliphatic carbocycles. The molecule has 0 aliphatic heterocycles. The van der Waals surface area contributed by atoms with Gasteiger partial charge in [0.25, 0.3) is 5.56 Å². The second kappa shape index (κ2) is 4.42. The first-order chi connectivity index (χ1) is 6.61. The van der Waals surface area contributed by atoms with E-state index in [-0.39, 0.29) is 12.2 Å². The van der Waals surface area contributed by atoms with Gasteiger partial charge in [0.2, 0.25) is 0 Å². The van der Waals surface area contributed by atoms with E-state index in [4.69, 9.17) is 5.11 Å². The van der Waals surface area contributed by atoms with Gasteiger partial charge in [-0.05, 0) is 25.0 Å². The molecular weight excluding hydrogens is 178 g/mol. The van der Waals surface area contributed by atoms with Gasteiger partial charge in [0.05, 0.1) is 6.61 Å². The minimum Gasteiger partial charge on any atom is -0.391 e. The average Bonchev–Trinajstić information content (AvgIpc) is 2.17. The van der Waals surface area contributed by atoms with Crippen LogP contribution in [0.1, 0.15) is 37.9 Å². The molecule has 1 aromatic heterocycles. The van der Waals surface area contributed by atoms with E-state index in [1.165, 1.54) is 0 Å². The van der Waals surface area contributed by atoms with Crippen molar-refractivity contribution in [1.82, 2.24) is 4.57 Å². The molecule has 0 saturated carbocycles. The first-order valence-corrected chi connectivity index (χ1v) is 4.95. The lowest BCUT2D eigenvalue weighted by Gasteiger charge is -2.14. The van der Waals surface area contributed by atoms with Gasteiger partial charge >= 0.3 is 0 Å². The van der Waals surface area contributed by atoms with Gasteiger partial charge in [-0.3, -0.25) is 4.79 Å². The number of pyridine rings is 1. The summed E-state index contributed by atoms with van der Waals surface area (Å²) >= 11 is 0. The van der Waals surface area contributed by atoms with E-state index in [0.717, 1.165) is 5.69 Å². The van der Waals surface area contributed by atoms with Crippen molar-refractivity contribution in [2.45, 2.75) is 39.8 Å². The van der Waals surface area contributed by atoms with Crippen LogP contribution in [0.2, 0.25) is 0 Å². The lowest BCUT2D eigenvalue weighted by Crippen LogP contribution is -2.26. The normalized spacial score (nSPS) is 10.9. The Hall–Kier alpha value is -1.09. The maximum absolute atomic E-state index is 11.8. The van der Waals surface area contributed by atoms with Crippen LogP contribution in [0.3, 0.4) is 0 Å². The Morgan fingerprint density at radius 1 is 1.43 bits per heavy atom. The SMILES string of the molecule is CCn1c(C(C)C)ccc(CO)c1=O. The third kappa shape index (κ3) is 1.87. The molecule has 0 unspecified atom stereocenters. The summed E-state index contributed by atoms with van der Waals surface area (Å²) in [5.74, 6) is 0.329.